The lowest BCUT2D eigenvalue weighted by molar-refractivity contribution is 0.956. The van der Waals surface area contributed by atoms with Gasteiger partial charge in [-0.2, -0.15) is 0 Å². The van der Waals surface area contributed by atoms with Crippen molar-refractivity contribution in [3.8, 4) is 0 Å². The van der Waals surface area contributed by atoms with Gasteiger partial charge in [0, 0.05) is 11.5 Å². The number of hydrogen-bond acceptors (Lipinski definition) is 2. The van der Waals surface area contributed by atoms with Crippen LogP contribution < -0.4 is 0 Å². The number of hydrogen-bond donors (Lipinski definition) is 0. The van der Waals surface area contributed by atoms with Crippen LogP contribution in [0.4, 0.5) is 0 Å². The Morgan fingerprint density at radius 1 is 1.50 bits per heavy atom. The van der Waals surface area contributed by atoms with Crippen molar-refractivity contribution >= 4 is 21.6 Å². The zero-order chi connectivity index (χ0) is 4.24. The Morgan fingerprint density at radius 2 is 2.50 bits per heavy atom. The van der Waals surface area contributed by atoms with Crippen LogP contribution >= 0.6 is 21.6 Å². The molecule has 0 spiro atoms. The third kappa shape index (κ3) is 1.43. The summed E-state index contributed by atoms with van der Waals surface area (Å²) >= 11 is 0. The topological polar surface area (TPSA) is 0 Å². The molecular weight excluding hydrogens is 112 g/mol. The molecule has 0 aliphatic carbocycles. The quantitative estimate of drug-likeness (QED) is 0.449. The molecule has 2 heteroatoms. The Morgan fingerprint density at radius 3 is 2.67 bits per heavy atom. The molecule has 35 valence electrons. The van der Waals surface area contributed by atoms with Gasteiger partial charge in [0.25, 0.3) is 0 Å². The molecule has 0 N–H and O–H groups in total. The molecule has 0 aromatic heterocycles. The normalized spacial score (nSPS) is 24.0. The molecule has 1 fully saturated rings. The minimum Gasteiger partial charge on any atom is -0.0938 e. The maximum atomic E-state index is 2.27. The molecule has 1 radical (unpaired) electrons. The Bertz CT molecular complexity index is 21.0. The Labute approximate surface area is 46.5 Å². The molecule has 1 rings (SSSR count). The van der Waals surface area contributed by atoms with Gasteiger partial charge in [-0.15, -0.1) is 0 Å². The summed E-state index contributed by atoms with van der Waals surface area (Å²) in [6, 6.07) is 0. The first kappa shape index (κ1) is 4.85. The molecular formula is C4H7S2. The third-order valence-electron chi connectivity index (χ3n) is 0.686. The monoisotopic (exact) mass is 119 g/mol. The van der Waals surface area contributed by atoms with Crippen molar-refractivity contribution in [2.75, 3.05) is 5.75 Å². The minimum atomic E-state index is 1.32. The first-order valence-electron chi connectivity index (χ1n) is 2.10. The summed E-state index contributed by atoms with van der Waals surface area (Å²) < 4.78 is 0. The van der Waals surface area contributed by atoms with Crippen molar-refractivity contribution in [3.63, 3.8) is 0 Å². The molecule has 0 aromatic carbocycles. The summed E-state index contributed by atoms with van der Waals surface area (Å²) in [4.78, 5) is 0. The van der Waals surface area contributed by atoms with Gasteiger partial charge in [-0.3, -0.25) is 0 Å². The van der Waals surface area contributed by atoms with E-state index in [1.54, 1.807) is 0 Å². The molecule has 0 saturated carbocycles. The molecule has 6 heavy (non-hydrogen) atoms. The van der Waals surface area contributed by atoms with Gasteiger partial charge in [0.2, 0.25) is 0 Å². The summed E-state index contributed by atoms with van der Waals surface area (Å²) in [6.07, 6.45) is 2.70. The first-order chi connectivity index (χ1) is 3.00. The van der Waals surface area contributed by atoms with E-state index in [0.29, 0.717) is 0 Å². The molecule has 1 saturated heterocycles. The molecule has 0 amide bonds. The van der Waals surface area contributed by atoms with Crippen molar-refractivity contribution in [1.29, 1.82) is 0 Å². The van der Waals surface area contributed by atoms with Crippen LogP contribution in [0.1, 0.15) is 12.8 Å². The van der Waals surface area contributed by atoms with E-state index in [9.17, 15) is 0 Å². The summed E-state index contributed by atoms with van der Waals surface area (Å²) in [7, 11) is 3.84. The molecule has 0 nitrogen and oxygen atoms in total. The van der Waals surface area contributed by atoms with Gasteiger partial charge in [0.15, 0.2) is 0 Å². The Kier molecular flexibility index (Phi) is 2.27. The maximum Gasteiger partial charge on any atom is 0.0279 e. The van der Waals surface area contributed by atoms with Gasteiger partial charge < -0.3 is 0 Å². The lowest BCUT2D eigenvalue weighted by Gasteiger charge is -2.04. The molecule has 0 atom stereocenters. The SMILES string of the molecule is [CH]1CCCSS1. The largest absolute Gasteiger partial charge is 0.0938 e. The predicted octanol–water partition coefficient (Wildman–Crippen LogP) is 2.32. The minimum absolute atomic E-state index is 1.32. The van der Waals surface area contributed by atoms with Crippen LogP contribution in [0.25, 0.3) is 0 Å². The zero-order valence-electron chi connectivity index (χ0n) is 3.52. The predicted molar refractivity (Wildman–Crippen MR) is 33.6 cm³/mol. The second kappa shape index (κ2) is 2.80. The van der Waals surface area contributed by atoms with E-state index in [2.05, 4.69) is 5.75 Å². The molecule has 0 aromatic rings. The number of rotatable bonds is 0. The van der Waals surface area contributed by atoms with Gasteiger partial charge in [0.1, 0.15) is 0 Å². The molecule has 0 unspecified atom stereocenters. The second-order valence-corrected chi connectivity index (χ2v) is 3.68. The van der Waals surface area contributed by atoms with Crippen LogP contribution in [-0.2, 0) is 0 Å². The average Bonchev–Trinajstić information content (AvgIpc) is 1.72. The zero-order valence-corrected chi connectivity index (χ0v) is 5.15. The molecule has 1 aliphatic rings. The van der Waals surface area contributed by atoms with Crippen LogP contribution in [-0.4, -0.2) is 5.75 Å². The molecule has 1 heterocycles. The van der Waals surface area contributed by atoms with E-state index in [-0.39, 0.29) is 0 Å². The smallest absolute Gasteiger partial charge is 0.0279 e. The highest BCUT2D eigenvalue weighted by molar-refractivity contribution is 8.77. The van der Waals surface area contributed by atoms with E-state index >= 15 is 0 Å². The van der Waals surface area contributed by atoms with Crippen LogP contribution in [0.2, 0.25) is 0 Å². The highest BCUT2D eigenvalue weighted by Crippen LogP contribution is 2.32. The highest BCUT2D eigenvalue weighted by atomic mass is 33.1. The summed E-state index contributed by atoms with van der Waals surface area (Å²) in [5, 5.41) is 0. The van der Waals surface area contributed by atoms with Crippen molar-refractivity contribution in [2.24, 2.45) is 0 Å². The Balaban J connectivity index is 2.00. The summed E-state index contributed by atoms with van der Waals surface area (Å²) in [5.74, 6) is 3.62. The van der Waals surface area contributed by atoms with Crippen LogP contribution in [0.3, 0.4) is 0 Å². The van der Waals surface area contributed by atoms with Gasteiger partial charge in [-0.1, -0.05) is 21.6 Å². The van der Waals surface area contributed by atoms with E-state index in [1.165, 1.54) is 18.6 Å². The summed E-state index contributed by atoms with van der Waals surface area (Å²) in [6.45, 7) is 0. The lowest BCUT2D eigenvalue weighted by Crippen LogP contribution is -1.81. The van der Waals surface area contributed by atoms with Crippen molar-refractivity contribution in [3.05, 3.63) is 5.75 Å². The van der Waals surface area contributed by atoms with Gasteiger partial charge in [0.05, 0.1) is 0 Å². The van der Waals surface area contributed by atoms with Crippen LogP contribution in [0.15, 0.2) is 0 Å². The van der Waals surface area contributed by atoms with E-state index in [1.807, 2.05) is 21.6 Å². The van der Waals surface area contributed by atoms with Crippen molar-refractivity contribution in [2.45, 2.75) is 12.8 Å². The molecule has 1 aliphatic heterocycles. The lowest BCUT2D eigenvalue weighted by atomic mass is 10.4. The van der Waals surface area contributed by atoms with Gasteiger partial charge >= 0.3 is 0 Å². The second-order valence-electron chi connectivity index (χ2n) is 1.23. The maximum absolute atomic E-state index is 2.27. The Hall–Kier alpha value is 0.700. The van der Waals surface area contributed by atoms with E-state index in [4.69, 9.17) is 0 Å². The highest BCUT2D eigenvalue weighted by Gasteiger charge is 1.97. The fourth-order valence-electron chi connectivity index (χ4n) is 0.370. The van der Waals surface area contributed by atoms with E-state index < -0.39 is 0 Å². The van der Waals surface area contributed by atoms with Crippen LogP contribution in [0, 0.1) is 5.75 Å². The first-order valence-corrected chi connectivity index (χ1v) is 4.48. The van der Waals surface area contributed by atoms with Crippen LogP contribution in [0.5, 0.6) is 0 Å². The van der Waals surface area contributed by atoms with Gasteiger partial charge in [-0.25, -0.2) is 0 Å². The fourth-order valence-corrected chi connectivity index (χ4v) is 2.33. The van der Waals surface area contributed by atoms with Gasteiger partial charge in [-0.05, 0) is 12.8 Å². The summed E-state index contributed by atoms with van der Waals surface area (Å²) in [5.41, 5.74) is 0. The van der Waals surface area contributed by atoms with E-state index in [0.717, 1.165) is 0 Å². The third-order valence-corrected chi connectivity index (χ3v) is 2.97. The fraction of sp³-hybridized carbons (Fsp3) is 0.750. The average molecular weight is 119 g/mol. The van der Waals surface area contributed by atoms with Crippen molar-refractivity contribution < 1.29 is 0 Å². The standard InChI is InChI=1S/C4H7S2/c1-2-4-6-5-3-1/h3H,1-2,4H2. The van der Waals surface area contributed by atoms with Crippen molar-refractivity contribution in [1.82, 2.24) is 0 Å². The molecule has 0 bridgehead atoms.